The summed E-state index contributed by atoms with van der Waals surface area (Å²) in [7, 11) is 0. The van der Waals surface area contributed by atoms with Crippen molar-refractivity contribution in [2.45, 2.75) is 11.5 Å². The van der Waals surface area contributed by atoms with Gasteiger partial charge in [-0.2, -0.15) is 0 Å². The average Bonchev–Trinajstić information content (AvgIpc) is 2.46. The number of hydrogen-bond acceptors (Lipinski definition) is 3. The fraction of sp³-hybridized carbons (Fsp3) is 0.133. The van der Waals surface area contributed by atoms with Crippen molar-refractivity contribution < 1.29 is 19.0 Å². The molecule has 0 atom stereocenters. The van der Waals surface area contributed by atoms with Crippen LogP contribution in [0.4, 0.5) is 4.39 Å². The number of halogens is 1. The third-order valence-corrected chi connectivity index (χ3v) is 3.50. The van der Waals surface area contributed by atoms with Gasteiger partial charge in [-0.25, -0.2) is 9.18 Å². The summed E-state index contributed by atoms with van der Waals surface area (Å²) in [5, 5.41) is 8.86. The van der Waals surface area contributed by atoms with Crippen LogP contribution in [0.15, 0.2) is 53.4 Å². The Kier molecular flexibility index (Phi) is 5.15. The molecule has 0 unspecified atom stereocenters. The Balaban J connectivity index is 1.88. The molecule has 0 amide bonds. The first-order valence-corrected chi connectivity index (χ1v) is 6.92. The van der Waals surface area contributed by atoms with Crippen LogP contribution in [0, 0.1) is 5.82 Å². The Bertz CT molecular complexity index is 587. The molecule has 0 radical (unpaired) electrons. The van der Waals surface area contributed by atoms with E-state index >= 15 is 0 Å². The van der Waals surface area contributed by atoms with Gasteiger partial charge in [0.25, 0.3) is 0 Å². The monoisotopic (exact) mass is 292 g/mol. The van der Waals surface area contributed by atoms with Crippen LogP contribution >= 0.6 is 11.8 Å². The zero-order chi connectivity index (χ0) is 14.4. The summed E-state index contributed by atoms with van der Waals surface area (Å²) in [6.45, 7) is 0.439. The first-order valence-electron chi connectivity index (χ1n) is 5.94. The van der Waals surface area contributed by atoms with Crippen molar-refractivity contribution in [1.82, 2.24) is 0 Å². The fourth-order valence-electron chi connectivity index (χ4n) is 1.59. The van der Waals surface area contributed by atoms with Crippen LogP contribution in [0.3, 0.4) is 0 Å². The molecule has 1 N–H and O–H groups in total. The molecule has 0 heterocycles. The molecule has 104 valence electrons. The van der Waals surface area contributed by atoms with Gasteiger partial charge >= 0.3 is 5.97 Å². The van der Waals surface area contributed by atoms with Crippen LogP contribution in [-0.4, -0.2) is 17.0 Å². The van der Waals surface area contributed by atoms with Gasteiger partial charge in [-0.1, -0.05) is 42.1 Å². The van der Waals surface area contributed by atoms with E-state index in [4.69, 9.17) is 9.84 Å². The molecule has 0 saturated heterocycles. The van der Waals surface area contributed by atoms with Crippen molar-refractivity contribution in [2.75, 3.05) is 5.94 Å². The largest absolute Gasteiger partial charge is 0.478 e. The summed E-state index contributed by atoms with van der Waals surface area (Å²) < 4.78 is 18.9. The molecule has 20 heavy (non-hydrogen) atoms. The van der Waals surface area contributed by atoms with Gasteiger partial charge in [0.2, 0.25) is 0 Å². The molecule has 0 fully saturated rings. The lowest BCUT2D eigenvalue weighted by atomic mass is 10.2. The van der Waals surface area contributed by atoms with Crippen LogP contribution in [0.1, 0.15) is 15.9 Å². The van der Waals surface area contributed by atoms with Crippen LogP contribution in [0.5, 0.6) is 0 Å². The van der Waals surface area contributed by atoms with Crippen molar-refractivity contribution in [3.63, 3.8) is 0 Å². The minimum absolute atomic E-state index is 0.0666. The van der Waals surface area contributed by atoms with Gasteiger partial charge in [0, 0.05) is 4.90 Å². The second kappa shape index (κ2) is 7.07. The van der Waals surface area contributed by atoms with Crippen LogP contribution in [-0.2, 0) is 11.3 Å². The molecule has 0 spiro atoms. The Morgan fingerprint density at radius 1 is 1.20 bits per heavy atom. The van der Waals surface area contributed by atoms with Gasteiger partial charge in [-0.05, 0) is 23.8 Å². The first kappa shape index (κ1) is 14.6. The maximum absolute atomic E-state index is 13.5. The topological polar surface area (TPSA) is 46.5 Å². The molecule has 2 rings (SSSR count). The van der Waals surface area contributed by atoms with Crippen molar-refractivity contribution in [2.24, 2.45) is 0 Å². The summed E-state index contributed by atoms with van der Waals surface area (Å²) in [6, 6.07) is 13.4. The van der Waals surface area contributed by atoms with Crippen molar-refractivity contribution in [1.29, 1.82) is 0 Å². The lowest BCUT2D eigenvalue weighted by Crippen LogP contribution is -1.98. The van der Waals surface area contributed by atoms with E-state index in [1.165, 1.54) is 12.1 Å². The van der Waals surface area contributed by atoms with Crippen LogP contribution in [0.25, 0.3) is 0 Å². The Labute approximate surface area is 120 Å². The van der Waals surface area contributed by atoms with E-state index < -0.39 is 11.8 Å². The first-order chi connectivity index (χ1) is 9.66. The summed E-state index contributed by atoms with van der Waals surface area (Å²) in [5.74, 6) is -1.25. The zero-order valence-corrected chi connectivity index (χ0v) is 11.4. The maximum Gasteiger partial charge on any atom is 0.335 e. The Hall–Kier alpha value is -1.85. The normalized spacial score (nSPS) is 10.4. The van der Waals surface area contributed by atoms with E-state index in [1.54, 1.807) is 0 Å². The molecule has 2 aromatic carbocycles. The molecule has 0 aromatic heterocycles. The van der Waals surface area contributed by atoms with E-state index in [9.17, 15) is 9.18 Å². The molecule has 0 aliphatic carbocycles. The van der Waals surface area contributed by atoms with Crippen molar-refractivity contribution >= 4 is 17.7 Å². The number of aromatic carboxylic acids is 1. The number of thioether (sulfide) groups is 1. The molecule has 2 aromatic rings. The Morgan fingerprint density at radius 2 is 1.95 bits per heavy atom. The van der Waals surface area contributed by atoms with Gasteiger partial charge < -0.3 is 9.84 Å². The highest BCUT2D eigenvalue weighted by Gasteiger charge is 2.08. The Morgan fingerprint density at radius 3 is 2.65 bits per heavy atom. The van der Waals surface area contributed by atoms with Crippen molar-refractivity contribution in [3.8, 4) is 0 Å². The lowest BCUT2D eigenvalue weighted by molar-refractivity contribution is 0.0696. The molecule has 0 bridgehead atoms. The zero-order valence-electron chi connectivity index (χ0n) is 10.6. The number of ether oxygens (including phenoxy) is 1. The predicted octanol–water partition coefficient (Wildman–Crippen LogP) is 3.79. The minimum atomic E-state index is -1.07. The summed E-state index contributed by atoms with van der Waals surface area (Å²) in [6.07, 6.45) is 0. The molecule has 0 aliphatic heterocycles. The number of hydrogen-bond donors (Lipinski definition) is 1. The van der Waals surface area contributed by atoms with Crippen molar-refractivity contribution in [3.05, 3.63) is 65.5 Å². The smallest absolute Gasteiger partial charge is 0.335 e. The number of rotatable bonds is 6. The molecule has 5 heteroatoms. The third-order valence-electron chi connectivity index (χ3n) is 2.59. The van der Waals surface area contributed by atoms with E-state index in [0.29, 0.717) is 6.61 Å². The maximum atomic E-state index is 13.5. The second-order valence-electron chi connectivity index (χ2n) is 4.05. The molecule has 3 nitrogen and oxygen atoms in total. The summed E-state index contributed by atoms with van der Waals surface area (Å²) in [5.41, 5.74) is 1.10. The van der Waals surface area contributed by atoms with E-state index in [1.807, 2.05) is 30.3 Å². The van der Waals surface area contributed by atoms with E-state index in [2.05, 4.69) is 0 Å². The van der Waals surface area contributed by atoms with Gasteiger partial charge in [0.05, 0.1) is 18.1 Å². The highest BCUT2D eigenvalue weighted by Crippen LogP contribution is 2.23. The number of carboxylic acid groups (broad SMARTS) is 1. The molecular formula is C15H13FO3S. The van der Waals surface area contributed by atoms with Crippen LogP contribution < -0.4 is 0 Å². The van der Waals surface area contributed by atoms with E-state index in [0.717, 1.165) is 23.4 Å². The SMILES string of the molecule is O=C(O)c1ccc(F)c(SCOCc2ccccc2)c1. The number of benzene rings is 2. The van der Waals surface area contributed by atoms with Gasteiger partial charge in [-0.15, -0.1) is 0 Å². The quantitative estimate of drug-likeness (QED) is 0.500. The summed E-state index contributed by atoms with van der Waals surface area (Å²) in [4.78, 5) is 11.1. The molecule has 0 saturated carbocycles. The second-order valence-corrected chi connectivity index (χ2v) is 5.01. The molecular weight excluding hydrogens is 279 g/mol. The minimum Gasteiger partial charge on any atom is -0.478 e. The fourth-order valence-corrected chi connectivity index (χ4v) is 2.30. The standard InChI is InChI=1S/C15H13FO3S/c16-13-7-6-12(15(17)18)8-14(13)20-10-19-9-11-4-2-1-3-5-11/h1-8H,9-10H2,(H,17,18). The highest BCUT2D eigenvalue weighted by molar-refractivity contribution is 7.99. The lowest BCUT2D eigenvalue weighted by Gasteiger charge is -2.06. The van der Waals surface area contributed by atoms with Gasteiger partial charge in [-0.3, -0.25) is 0 Å². The summed E-state index contributed by atoms with van der Waals surface area (Å²) >= 11 is 1.14. The number of carbonyl (C=O) groups is 1. The third kappa shape index (κ3) is 4.08. The van der Waals surface area contributed by atoms with Crippen LogP contribution in [0.2, 0.25) is 0 Å². The van der Waals surface area contributed by atoms with Gasteiger partial charge in [0.1, 0.15) is 5.82 Å². The predicted molar refractivity (Wildman–Crippen MR) is 75.3 cm³/mol. The van der Waals surface area contributed by atoms with E-state index in [-0.39, 0.29) is 16.4 Å². The molecule has 0 aliphatic rings. The number of carboxylic acids is 1. The van der Waals surface area contributed by atoms with Gasteiger partial charge in [0.15, 0.2) is 0 Å². The average molecular weight is 292 g/mol. The highest BCUT2D eigenvalue weighted by atomic mass is 32.2.